The molecule has 5 rings (SSSR count). The standard InChI is InChI=1S/C28H31NO2S/c1-30-23-11-14-25-27(19-23)31-20-26(21-7-3-2-4-8-21)28(25)22-9-12-24(13-10-22)32-18-17-29-15-5-6-16-29/h2-4,7-14,19,26,28H,5-6,15-18,20H2,1H3/t26-,28-/m1/s1. The summed E-state index contributed by atoms with van der Waals surface area (Å²) in [7, 11) is 1.70. The van der Waals surface area contributed by atoms with Gasteiger partial charge in [0.25, 0.3) is 0 Å². The molecule has 2 aliphatic rings. The van der Waals surface area contributed by atoms with Crippen molar-refractivity contribution < 1.29 is 9.47 Å². The van der Waals surface area contributed by atoms with Gasteiger partial charge in [0, 0.05) is 40.7 Å². The van der Waals surface area contributed by atoms with Crippen LogP contribution in [-0.2, 0) is 0 Å². The Hall–Kier alpha value is -2.43. The third kappa shape index (κ3) is 4.67. The Bertz CT molecular complexity index is 1020. The molecule has 0 amide bonds. The molecule has 0 spiro atoms. The van der Waals surface area contributed by atoms with Crippen LogP contribution in [-0.4, -0.2) is 44.0 Å². The van der Waals surface area contributed by atoms with Crippen LogP contribution in [0.4, 0.5) is 0 Å². The Morgan fingerprint density at radius 3 is 2.47 bits per heavy atom. The third-order valence-corrected chi connectivity index (χ3v) is 7.71. The lowest BCUT2D eigenvalue weighted by Crippen LogP contribution is -2.25. The van der Waals surface area contributed by atoms with E-state index in [0.717, 1.165) is 17.3 Å². The van der Waals surface area contributed by atoms with Gasteiger partial charge < -0.3 is 14.4 Å². The second kappa shape index (κ2) is 10.0. The molecule has 0 radical (unpaired) electrons. The number of likely N-dealkylation sites (tertiary alicyclic amines) is 1. The summed E-state index contributed by atoms with van der Waals surface area (Å²) in [5, 5.41) is 0. The minimum atomic E-state index is 0.260. The number of hydrogen-bond donors (Lipinski definition) is 0. The number of thioether (sulfide) groups is 1. The van der Waals surface area contributed by atoms with Gasteiger partial charge in [-0.15, -0.1) is 11.8 Å². The van der Waals surface area contributed by atoms with E-state index in [1.54, 1.807) is 7.11 Å². The number of methoxy groups -OCH3 is 1. The van der Waals surface area contributed by atoms with Crippen molar-refractivity contribution in [2.24, 2.45) is 0 Å². The average molecular weight is 446 g/mol. The van der Waals surface area contributed by atoms with Crippen molar-refractivity contribution >= 4 is 11.8 Å². The fourth-order valence-corrected chi connectivity index (χ4v) is 5.90. The van der Waals surface area contributed by atoms with Crippen LogP contribution in [0.1, 0.15) is 41.4 Å². The van der Waals surface area contributed by atoms with E-state index in [2.05, 4.69) is 65.6 Å². The van der Waals surface area contributed by atoms with E-state index in [9.17, 15) is 0 Å². The number of benzene rings is 3. The molecule has 0 saturated carbocycles. The SMILES string of the molecule is COc1ccc2c(c1)OC[C@H](c1ccccc1)[C@@H]2c1ccc(SCCN2CCCC2)cc1. The molecule has 0 N–H and O–H groups in total. The zero-order valence-electron chi connectivity index (χ0n) is 18.7. The first-order valence-corrected chi connectivity index (χ1v) is 12.6. The molecule has 3 nitrogen and oxygen atoms in total. The molecule has 32 heavy (non-hydrogen) atoms. The van der Waals surface area contributed by atoms with Gasteiger partial charge in [-0.25, -0.2) is 0 Å². The summed E-state index contributed by atoms with van der Waals surface area (Å²) in [5.41, 5.74) is 3.90. The van der Waals surface area contributed by atoms with Gasteiger partial charge in [0.2, 0.25) is 0 Å². The molecule has 2 atom stereocenters. The summed E-state index contributed by atoms with van der Waals surface area (Å²) < 4.78 is 11.7. The van der Waals surface area contributed by atoms with Gasteiger partial charge >= 0.3 is 0 Å². The molecule has 2 heterocycles. The van der Waals surface area contributed by atoms with Crippen molar-refractivity contribution in [3.05, 3.63) is 89.5 Å². The highest BCUT2D eigenvalue weighted by Gasteiger charge is 2.33. The fourth-order valence-electron chi connectivity index (χ4n) is 4.99. The first kappa shape index (κ1) is 21.4. The summed E-state index contributed by atoms with van der Waals surface area (Å²) in [6, 6.07) is 26.2. The molecule has 4 heteroatoms. The number of rotatable bonds is 7. The number of fused-ring (bicyclic) bond motifs is 1. The molecule has 0 aliphatic carbocycles. The zero-order valence-corrected chi connectivity index (χ0v) is 19.5. The minimum Gasteiger partial charge on any atom is -0.497 e. The van der Waals surface area contributed by atoms with Gasteiger partial charge in [-0.3, -0.25) is 0 Å². The van der Waals surface area contributed by atoms with E-state index in [-0.39, 0.29) is 11.8 Å². The lowest BCUT2D eigenvalue weighted by atomic mass is 9.76. The van der Waals surface area contributed by atoms with Crippen LogP contribution >= 0.6 is 11.8 Å². The van der Waals surface area contributed by atoms with Gasteiger partial charge in [-0.05, 0) is 55.3 Å². The first-order chi connectivity index (χ1) is 15.8. The second-order valence-corrected chi connectivity index (χ2v) is 9.84. The molecule has 1 fully saturated rings. The smallest absolute Gasteiger partial charge is 0.126 e. The van der Waals surface area contributed by atoms with Crippen LogP contribution < -0.4 is 9.47 Å². The largest absolute Gasteiger partial charge is 0.497 e. The highest BCUT2D eigenvalue weighted by molar-refractivity contribution is 7.99. The van der Waals surface area contributed by atoms with E-state index < -0.39 is 0 Å². The van der Waals surface area contributed by atoms with Gasteiger partial charge in [-0.2, -0.15) is 0 Å². The molecule has 2 aliphatic heterocycles. The summed E-state index contributed by atoms with van der Waals surface area (Å²) in [6.07, 6.45) is 2.72. The maximum Gasteiger partial charge on any atom is 0.126 e. The Labute approximate surface area is 195 Å². The fraction of sp³-hybridized carbons (Fsp3) is 0.357. The van der Waals surface area contributed by atoms with Crippen molar-refractivity contribution in [2.75, 3.05) is 39.1 Å². The molecule has 0 aromatic heterocycles. The van der Waals surface area contributed by atoms with Crippen LogP contribution in [0.5, 0.6) is 11.5 Å². The van der Waals surface area contributed by atoms with Crippen molar-refractivity contribution in [3.8, 4) is 11.5 Å². The maximum atomic E-state index is 6.22. The van der Waals surface area contributed by atoms with Gasteiger partial charge in [0.05, 0.1) is 13.7 Å². The van der Waals surface area contributed by atoms with Crippen LogP contribution in [0, 0.1) is 0 Å². The first-order valence-electron chi connectivity index (χ1n) is 11.6. The molecule has 0 unspecified atom stereocenters. The summed E-state index contributed by atoms with van der Waals surface area (Å²) in [4.78, 5) is 3.94. The van der Waals surface area contributed by atoms with Crippen molar-refractivity contribution in [1.29, 1.82) is 0 Å². The van der Waals surface area contributed by atoms with Crippen molar-refractivity contribution in [2.45, 2.75) is 29.6 Å². The summed E-state index contributed by atoms with van der Waals surface area (Å²) in [5.74, 6) is 3.48. The number of ether oxygens (including phenoxy) is 2. The average Bonchev–Trinajstić information content (AvgIpc) is 3.37. The predicted octanol–water partition coefficient (Wildman–Crippen LogP) is 6.19. The minimum absolute atomic E-state index is 0.260. The highest BCUT2D eigenvalue weighted by atomic mass is 32.2. The topological polar surface area (TPSA) is 21.7 Å². The third-order valence-electron chi connectivity index (χ3n) is 6.72. The Morgan fingerprint density at radius 1 is 0.938 bits per heavy atom. The molecular weight excluding hydrogens is 414 g/mol. The Kier molecular flexibility index (Phi) is 6.70. The zero-order chi connectivity index (χ0) is 21.8. The molecule has 3 aromatic carbocycles. The summed E-state index contributed by atoms with van der Waals surface area (Å²) >= 11 is 1.97. The van der Waals surface area contributed by atoms with E-state index in [0.29, 0.717) is 6.61 Å². The van der Waals surface area contributed by atoms with E-state index in [4.69, 9.17) is 9.47 Å². The van der Waals surface area contributed by atoms with Gasteiger partial charge in [0.15, 0.2) is 0 Å². The molecular formula is C28H31NO2S. The normalized spacial score (nSPS) is 20.5. The molecule has 166 valence electrons. The predicted molar refractivity (Wildman–Crippen MR) is 132 cm³/mol. The summed E-state index contributed by atoms with van der Waals surface area (Å²) in [6.45, 7) is 4.40. The quantitative estimate of drug-likeness (QED) is 0.404. The van der Waals surface area contributed by atoms with Gasteiger partial charge in [0.1, 0.15) is 11.5 Å². The number of nitrogens with zero attached hydrogens (tertiary/aromatic N) is 1. The van der Waals surface area contributed by atoms with Crippen LogP contribution in [0.15, 0.2) is 77.7 Å². The monoisotopic (exact) mass is 445 g/mol. The lowest BCUT2D eigenvalue weighted by molar-refractivity contribution is 0.247. The molecule has 0 bridgehead atoms. The Morgan fingerprint density at radius 2 is 1.72 bits per heavy atom. The van der Waals surface area contributed by atoms with Crippen molar-refractivity contribution in [3.63, 3.8) is 0 Å². The second-order valence-electron chi connectivity index (χ2n) is 8.68. The Balaban J connectivity index is 1.39. The molecule has 3 aromatic rings. The maximum absolute atomic E-state index is 6.22. The lowest BCUT2D eigenvalue weighted by Gasteiger charge is -2.34. The van der Waals surface area contributed by atoms with Crippen LogP contribution in [0.3, 0.4) is 0 Å². The van der Waals surface area contributed by atoms with E-state index in [1.807, 2.05) is 23.9 Å². The van der Waals surface area contributed by atoms with E-state index in [1.165, 1.54) is 54.1 Å². The van der Waals surface area contributed by atoms with Crippen LogP contribution in [0.2, 0.25) is 0 Å². The number of hydrogen-bond acceptors (Lipinski definition) is 4. The van der Waals surface area contributed by atoms with Crippen LogP contribution in [0.25, 0.3) is 0 Å². The van der Waals surface area contributed by atoms with E-state index >= 15 is 0 Å². The highest BCUT2D eigenvalue weighted by Crippen LogP contribution is 2.47. The van der Waals surface area contributed by atoms with Gasteiger partial charge in [-0.1, -0.05) is 48.5 Å². The van der Waals surface area contributed by atoms with Crippen molar-refractivity contribution in [1.82, 2.24) is 4.90 Å². The molecule has 1 saturated heterocycles.